The fourth-order valence-corrected chi connectivity index (χ4v) is 3.68. The molecule has 0 aromatic carbocycles. The molecule has 4 heteroatoms. The second-order valence-corrected chi connectivity index (χ2v) is 6.85. The third kappa shape index (κ3) is 3.30. The number of nitrogens with zero attached hydrogens (tertiary/aromatic N) is 1. The van der Waals surface area contributed by atoms with E-state index in [-0.39, 0.29) is 17.2 Å². The molecule has 2 aliphatic heterocycles. The second kappa shape index (κ2) is 5.68. The van der Waals surface area contributed by atoms with Crippen LogP contribution in [0, 0.1) is 0 Å². The minimum absolute atomic E-state index is 0.0835. The maximum Gasteiger partial charge on any atom is 0.0757 e. The maximum absolute atomic E-state index is 6.18. The summed E-state index contributed by atoms with van der Waals surface area (Å²) < 4.78 is 11.9. The van der Waals surface area contributed by atoms with Gasteiger partial charge in [0.05, 0.1) is 17.8 Å². The molecule has 112 valence electrons. The van der Waals surface area contributed by atoms with Gasteiger partial charge in [-0.15, -0.1) is 0 Å². The second-order valence-electron chi connectivity index (χ2n) is 6.85. The van der Waals surface area contributed by atoms with E-state index in [1.54, 1.807) is 0 Å². The minimum atomic E-state index is -0.0835. The molecule has 3 atom stereocenters. The van der Waals surface area contributed by atoms with Crippen LogP contribution in [0.4, 0.5) is 0 Å². The van der Waals surface area contributed by atoms with Crippen molar-refractivity contribution in [3.05, 3.63) is 0 Å². The van der Waals surface area contributed by atoms with Gasteiger partial charge in [0.1, 0.15) is 0 Å². The highest BCUT2D eigenvalue weighted by molar-refractivity contribution is 5.00. The summed E-state index contributed by atoms with van der Waals surface area (Å²) in [6, 6.07) is 0. The lowest BCUT2D eigenvalue weighted by molar-refractivity contribution is -0.171. The third-order valence-corrected chi connectivity index (χ3v) is 4.60. The molecule has 2 fully saturated rings. The van der Waals surface area contributed by atoms with E-state index in [0.29, 0.717) is 6.10 Å². The van der Waals surface area contributed by atoms with Crippen molar-refractivity contribution in [1.29, 1.82) is 0 Å². The Bertz CT molecular complexity index is 309. The largest absolute Gasteiger partial charge is 0.378 e. The number of rotatable bonds is 3. The highest BCUT2D eigenvalue weighted by Gasteiger charge is 2.45. The Labute approximate surface area is 117 Å². The molecular weight excluding hydrogens is 240 g/mol. The lowest BCUT2D eigenvalue weighted by Gasteiger charge is -2.53. The van der Waals surface area contributed by atoms with Crippen molar-refractivity contribution in [3.8, 4) is 0 Å². The van der Waals surface area contributed by atoms with Gasteiger partial charge in [0.2, 0.25) is 0 Å². The summed E-state index contributed by atoms with van der Waals surface area (Å²) in [5, 5.41) is 0. The zero-order chi connectivity index (χ0) is 14.1. The SMILES string of the molecule is CCC1CC(CN)(N2CC(C)OC(C)(C)C2)CCO1. The molecule has 0 aromatic heterocycles. The fraction of sp³-hybridized carbons (Fsp3) is 1.00. The molecule has 2 saturated heterocycles. The molecule has 2 heterocycles. The zero-order valence-electron chi connectivity index (χ0n) is 12.9. The van der Waals surface area contributed by atoms with Gasteiger partial charge >= 0.3 is 0 Å². The van der Waals surface area contributed by atoms with Crippen molar-refractivity contribution in [3.63, 3.8) is 0 Å². The molecule has 0 amide bonds. The fourth-order valence-electron chi connectivity index (χ4n) is 3.68. The normalized spacial score (nSPS) is 40.3. The summed E-state index contributed by atoms with van der Waals surface area (Å²) in [7, 11) is 0. The van der Waals surface area contributed by atoms with Crippen LogP contribution in [0.5, 0.6) is 0 Å². The average molecular weight is 270 g/mol. The molecule has 0 aliphatic carbocycles. The molecule has 19 heavy (non-hydrogen) atoms. The van der Waals surface area contributed by atoms with E-state index in [2.05, 4.69) is 32.6 Å². The predicted octanol–water partition coefficient (Wildman–Crippen LogP) is 1.77. The van der Waals surface area contributed by atoms with Gasteiger partial charge in [0.15, 0.2) is 0 Å². The van der Waals surface area contributed by atoms with Gasteiger partial charge in [-0.2, -0.15) is 0 Å². The summed E-state index contributed by atoms with van der Waals surface area (Å²) in [4.78, 5) is 2.58. The molecule has 3 unspecified atom stereocenters. The molecule has 0 spiro atoms. The number of hydrogen-bond donors (Lipinski definition) is 1. The molecule has 2 rings (SSSR count). The Morgan fingerprint density at radius 3 is 2.68 bits per heavy atom. The van der Waals surface area contributed by atoms with E-state index in [0.717, 1.165) is 45.5 Å². The topological polar surface area (TPSA) is 47.7 Å². The summed E-state index contributed by atoms with van der Waals surface area (Å²) >= 11 is 0. The van der Waals surface area contributed by atoms with Crippen molar-refractivity contribution in [1.82, 2.24) is 4.90 Å². The lowest BCUT2D eigenvalue weighted by Crippen LogP contribution is -2.65. The first-order valence-corrected chi connectivity index (χ1v) is 7.65. The smallest absolute Gasteiger partial charge is 0.0757 e. The van der Waals surface area contributed by atoms with Crippen LogP contribution in [-0.2, 0) is 9.47 Å². The standard InChI is InChI=1S/C15H30N2O2/c1-5-13-8-15(10-16,6-7-18-13)17-9-12(2)19-14(3,4)11-17/h12-13H,5-11,16H2,1-4H3. The van der Waals surface area contributed by atoms with Gasteiger partial charge in [0, 0.05) is 31.8 Å². The van der Waals surface area contributed by atoms with E-state index in [9.17, 15) is 0 Å². The van der Waals surface area contributed by atoms with Crippen LogP contribution in [0.1, 0.15) is 47.0 Å². The van der Waals surface area contributed by atoms with E-state index in [4.69, 9.17) is 15.2 Å². The Hall–Kier alpha value is -0.160. The van der Waals surface area contributed by atoms with Gasteiger partial charge in [-0.05, 0) is 40.0 Å². The molecule has 2 aliphatic rings. The Kier molecular flexibility index (Phi) is 4.56. The molecule has 4 nitrogen and oxygen atoms in total. The van der Waals surface area contributed by atoms with Crippen molar-refractivity contribution in [2.24, 2.45) is 5.73 Å². The summed E-state index contributed by atoms with van der Waals surface area (Å²) in [5.74, 6) is 0. The molecule has 0 radical (unpaired) electrons. The van der Waals surface area contributed by atoms with Gasteiger partial charge in [-0.25, -0.2) is 0 Å². The van der Waals surface area contributed by atoms with Gasteiger partial charge < -0.3 is 15.2 Å². The Morgan fingerprint density at radius 1 is 1.37 bits per heavy atom. The summed E-state index contributed by atoms with van der Waals surface area (Å²) in [6.45, 7) is 12.2. The average Bonchev–Trinajstić information content (AvgIpc) is 2.36. The highest BCUT2D eigenvalue weighted by atomic mass is 16.5. The molecular formula is C15H30N2O2. The number of nitrogens with two attached hydrogens (primary N) is 1. The predicted molar refractivity (Wildman–Crippen MR) is 77.2 cm³/mol. The molecule has 0 bridgehead atoms. The monoisotopic (exact) mass is 270 g/mol. The first-order valence-electron chi connectivity index (χ1n) is 7.65. The third-order valence-electron chi connectivity index (χ3n) is 4.60. The summed E-state index contributed by atoms with van der Waals surface area (Å²) in [6.07, 6.45) is 3.81. The highest BCUT2D eigenvalue weighted by Crippen LogP contribution is 2.35. The number of hydrogen-bond acceptors (Lipinski definition) is 4. The van der Waals surface area contributed by atoms with Crippen LogP contribution in [-0.4, -0.2) is 54.5 Å². The minimum Gasteiger partial charge on any atom is -0.378 e. The number of morpholine rings is 1. The van der Waals surface area contributed by atoms with Crippen molar-refractivity contribution >= 4 is 0 Å². The van der Waals surface area contributed by atoms with E-state index in [1.807, 2.05) is 0 Å². The van der Waals surface area contributed by atoms with Crippen LogP contribution in [0.25, 0.3) is 0 Å². The molecule has 0 saturated carbocycles. The first kappa shape index (κ1) is 15.2. The van der Waals surface area contributed by atoms with Crippen LogP contribution in [0.2, 0.25) is 0 Å². The van der Waals surface area contributed by atoms with Gasteiger partial charge in [-0.1, -0.05) is 6.92 Å². The summed E-state index contributed by atoms with van der Waals surface area (Å²) in [5.41, 5.74) is 6.20. The zero-order valence-corrected chi connectivity index (χ0v) is 12.9. The van der Waals surface area contributed by atoms with Crippen molar-refractivity contribution < 1.29 is 9.47 Å². The van der Waals surface area contributed by atoms with Crippen LogP contribution < -0.4 is 5.73 Å². The van der Waals surface area contributed by atoms with Crippen molar-refractivity contribution in [2.45, 2.75) is 70.3 Å². The lowest BCUT2D eigenvalue weighted by atomic mass is 9.82. The van der Waals surface area contributed by atoms with Gasteiger partial charge in [0.25, 0.3) is 0 Å². The van der Waals surface area contributed by atoms with Crippen LogP contribution in [0.15, 0.2) is 0 Å². The van der Waals surface area contributed by atoms with Crippen LogP contribution in [0.3, 0.4) is 0 Å². The van der Waals surface area contributed by atoms with E-state index >= 15 is 0 Å². The quantitative estimate of drug-likeness (QED) is 0.849. The van der Waals surface area contributed by atoms with Crippen LogP contribution >= 0.6 is 0 Å². The Balaban J connectivity index is 2.15. The number of ether oxygens (including phenoxy) is 2. The van der Waals surface area contributed by atoms with Gasteiger partial charge in [-0.3, -0.25) is 4.90 Å². The Morgan fingerprint density at radius 2 is 2.11 bits per heavy atom. The van der Waals surface area contributed by atoms with Crippen molar-refractivity contribution in [2.75, 3.05) is 26.2 Å². The van der Waals surface area contributed by atoms with E-state index in [1.165, 1.54) is 0 Å². The molecule has 0 aromatic rings. The maximum atomic E-state index is 6.18. The molecule has 2 N–H and O–H groups in total. The first-order chi connectivity index (χ1) is 8.91. The van der Waals surface area contributed by atoms with E-state index < -0.39 is 0 Å².